The number of ether oxygens (including phenoxy) is 3. The fourth-order valence-corrected chi connectivity index (χ4v) is 2.42. The minimum Gasteiger partial charge on any atom is -0.464 e. The number of benzene rings is 1. The third kappa shape index (κ3) is 3.94. The molecule has 0 aromatic heterocycles. The van der Waals surface area contributed by atoms with Gasteiger partial charge in [-0.1, -0.05) is 20.8 Å². The van der Waals surface area contributed by atoms with Crippen molar-refractivity contribution in [3.05, 3.63) is 18.2 Å². The standard InChI is InChI=1S/C17H23NO5/c1-5-14(17(20)21-9-11(2)3)18(12(4)19)13-6-7-15-16(8-13)23-10-22-15/h6-8,11,14H,5,9-10H2,1-4H3. The second-order valence-corrected chi connectivity index (χ2v) is 5.87. The molecule has 6 nitrogen and oxygen atoms in total. The molecule has 0 aliphatic carbocycles. The van der Waals surface area contributed by atoms with E-state index in [-0.39, 0.29) is 18.6 Å². The number of carbonyl (C=O) groups excluding carboxylic acids is 2. The summed E-state index contributed by atoms with van der Waals surface area (Å²) in [6.45, 7) is 7.71. The molecule has 2 rings (SSSR count). The molecule has 0 saturated carbocycles. The van der Waals surface area contributed by atoms with Gasteiger partial charge in [-0.2, -0.15) is 0 Å². The lowest BCUT2D eigenvalue weighted by Crippen LogP contribution is -2.45. The van der Waals surface area contributed by atoms with E-state index in [9.17, 15) is 9.59 Å². The molecule has 0 N–H and O–H groups in total. The molecular formula is C17H23NO5. The van der Waals surface area contributed by atoms with Crippen LogP contribution in [0.2, 0.25) is 0 Å². The van der Waals surface area contributed by atoms with Crippen LogP contribution < -0.4 is 14.4 Å². The molecule has 1 atom stereocenters. The van der Waals surface area contributed by atoms with Crippen molar-refractivity contribution in [1.82, 2.24) is 0 Å². The SMILES string of the molecule is CCC(C(=O)OCC(C)C)N(C(C)=O)c1ccc2c(c1)OCO2. The summed E-state index contributed by atoms with van der Waals surface area (Å²) in [4.78, 5) is 25.9. The number of fused-ring (bicyclic) bond motifs is 1. The van der Waals surface area contributed by atoms with Crippen molar-refractivity contribution in [2.24, 2.45) is 5.92 Å². The fraction of sp³-hybridized carbons (Fsp3) is 0.529. The lowest BCUT2D eigenvalue weighted by Gasteiger charge is -2.29. The summed E-state index contributed by atoms with van der Waals surface area (Å²) >= 11 is 0. The molecule has 0 bridgehead atoms. The van der Waals surface area contributed by atoms with E-state index in [2.05, 4.69) is 0 Å². The van der Waals surface area contributed by atoms with E-state index in [1.165, 1.54) is 11.8 Å². The first-order valence-corrected chi connectivity index (χ1v) is 7.80. The Hall–Kier alpha value is -2.24. The van der Waals surface area contributed by atoms with Gasteiger partial charge in [-0.15, -0.1) is 0 Å². The highest BCUT2D eigenvalue weighted by Crippen LogP contribution is 2.36. The molecule has 1 aliphatic heterocycles. The predicted molar refractivity (Wildman–Crippen MR) is 85.6 cm³/mol. The Balaban J connectivity index is 2.25. The first-order valence-electron chi connectivity index (χ1n) is 7.80. The number of anilines is 1. The van der Waals surface area contributed by atoms with Crippen LogP contribution in [-0.4, -0.2) is 31.3 Å². The topological polar surface area (TPSA) is 65.1 Å². The molecular weight excluding hydrogens is 298 g/mol. The zero-order chi connectivity index (χ0) is 17.0. The lowest BCUT2D eigenvalue weighted by molar-refractivity contribution is -0.147. The van der Waals surface area contributed by atoms with Crippen molar-refractivity contribution in [2.45, 2.75) is 40.2 Å². The van der Waals surface area contributed by atoms with Crippen molar-refractivity contribution >= 4 is 17.6 Å². The number of esters is 1. The van der Waals surface area contributed by atoms with Crippen LogP contribution in [0.4, 0.5) is 5.69 Å². The highest BCUT2D eigenvalue weighted by atomic mass is 16.7. The van der Waals surface area contributed by atoms with E-state index in [4.69, 9.17) is 14.2 Å². The summed E-state index contributed by atoms with van der Waals surface area (Å²) < 4.78 is 15.9. The molecule has 6 heteroatoms. The Morgan fingerprint density at radius 1 is 1.26 bits per heavy atom. The number of nitrogens with zero attached hydrogens (tertiary/aromatic N) is 1. The summed E-state index contributed by atoms with van der Waals surface area (Å²) in [5, 5.41) is 0. The summed E-state index contributed by atoms with van der Waals surface area (Å²) in [6, 6.07) is 4.53. The first kappa shape index (κ1) is 17.1. The number of hydrogen-bond acceptors (Lipinski definition) is 5. The minimum absolute atomic E-state index is 0.159. The molecule has 0 fully saturated rings. The molecule has 23 heavy (non-hydrogen) atoms. The molecule has 0 saturated heterocycles. The Morgan fingerprint density at radius 3 is 2.57 bits per heavy atom. The second kappa shape index (κ2) is 7.35. The predicted octanol–water partition coefficient (Wildman–Crippen LogP) is 2.75. The van der Waals surface area contributed by atoms with Gasteiger partial charge in [0.2, 0.25) is 12.7 Å². The minimum atomic E-state index is -0.661. The van der Waals surface area contributed by atoms with Crippen LogP contribution in [0.3, 0.4) is 0 Å². The lowest BCUT2D eigenvalue weighted by atomic mass is 10.1. The van der Waals surface area contributed by atoms with Gasteiger partial charge in [0.15, 0.2) is 11.5 Å². The van der Waals surface area contributed by atoms with E-state index < -0.39 is 12.0 Å². The van der Waals surface area contributed by atoms with Crippen molar-refractivity contribution in [2.75, 3.05) is 18.3 Å². The van der Waals surface area contributed by atoms with Gasteiger partial charge in [0.05, 0.1) is 6.61 Å². The fourth-order valence-electron chi connectivity index (χ4n) is 2.42. The van der Waals surface area contributed by atoms with Crippen LogP contribution in [0.1, 0.15) is 34.1 Å². The van der Waals surface area contributed by atoms with Gasteiger partial charge in [-0.3, -0.25) is 9.69 Å². The summed E-state index contributed by atoms with van der Waals surface area (Å²) in [5.41, 5.74) is 0.593. The Morgan fingerprint density at radius 2 is 1.96 bits per heavy atom. The van der Waals surface area contributed by atoms with Gasteiger partial charge in [-0.25, -0.2) is 4.79 Å². The highest BCUT2D eigenvalue weighted by molar-refractivity contribution is 5.98. The molecule has 1 aromatic carbocycles. The Labute approximate surface area is 136 Å². The monoisotopic (exact) mass is 321 g/mol. The quantitative estimate of drug-likeness (QED) is 0.754. The smallest absolute Gasteiger partial charge is 0.329 e. The van der Waals surface area contributed by atoms with Gasteiger partial charge in [0.1, 0.15) is 6.04 Å². The van der Waals surface area contributed by atoms with E-state index in [0.29, 0.717) is 30.2 Å². The molecule has 126 valence electrons. The molecule has 1 aromatic rings. The largest absolute Gasteiger partial charge is 0.464 e. The van der Waals surface area contributed by atoms with Gasteiger partial charge >= 0.3 is 5.97 Å². The Kier molecular flexibility index (Phi) is 5.47. The van der Waals surface area contributed by atoms with Gasteiger partial charge < -0.3 is 14.2 Å². The number of rotatable bonds is 6. The molecule has 1 aliphatic rings. The maximum absolute atomic E-state index is 12.4. The van der Waals surface area contributed by atoms with E-state index >= 15 is 0 Å². The molecule has 1 unspecified atom stereocenters. The zero-order valence-electron chi connectivity index (χ0n) is 14.0. The average Bonchev–Trinajstić information content (AvgIpc) is 2.97. The second-order valence-electron chi connectivity index (χ2n) is 5.87. The van der Waals surface area contributed by atoms with E-state index in [0.717, 1.165) is 0 Å². The van der Waals surface area contributed by atoms with Crippen LogP contribution in [0.25, 0.3) is 0 Å². The first-order chi connectivity index (χ1) is 10.9. The van der Waals surface area contributed by atoms with E-state index in [1.807, 2.05) is 20.8 Å². The normalized spacial score (nSPS) is 13.8. The summed E-state index contributed by atoms with van der Waals surface area (Å²) in [5.74, 6) is 0.825. The number of hydrogen-bond donors (Lipinski definition) is 0. The van der Waals surface area contributed by atoms with Crippen molar-refractivity contribution in [3.8, 4) is 11.5 Å². The highest BCUT2D eigenvalue weighted by Gasteiger charge is 2.30. The number of amides is 1. The van der Waals surface area contributed by atoms with Gasteiger partial charge in [0.25, 0.3) is 0 Å². The third-order valence-corrected chi connectivity index (χ3v) is 3.50. The Bertz CT molecular complexity index is 584. The van der Waals surface area contributed by atoms with Crippen molar-refractivity contribution in [3.63, 3.8) is 0 Å². The zero-order valence-corrected chi connectivity index (χ0v) is 14.0. The van der Waals surface area contributed by atoms with Gasteiger partial charge in [-0.05, 0) is 24.5 Å². The molecule has 1 heterocycles. The molecule has 0 radical (unpaired) electrons. The summed E-state index contributed by atoms with van der Waals surface area (Å²) in [6.07, 6.45) is 0.463. The maximum Gasteiger partial charge on any atom is 0.329 e. The van der Waals surface area contributed by atoms with Crippen molar-refractivity contribution in [1.29, 1.82) is 0 Å². The maximum atomic E-state index is 12.4. The number of carbonyl (C=O) groups is 2. The van der Waals surface area contributed by atoms with Crippen molar-refractivity contribution < 1.29 is 23.8 Å². The van der Waals surface area contributed by atoms with E-state index in [1.54, 1.807) is 18.2 Å². The third-order valence-electron chi connectivity index (χ3n) is 3.50. The molecule has 1 amide bonds. The summed E-state index contributed by atoms with van der Waals surface area (Å²) in [7, 11) is 0. The van der Waals surface area contributed by atoms with Crippen LogP contribution >= 0.6 is 0 Å². The average molecular weight is 321 g/mol. The van der Waals surface area contributed by atoms with Crippen LogP contribution in [0.15, 0.2) is 18.2 Å². The van der Waals surface area contributed by atoms with Gasteiger partial charge in [0, 0.05) is 18.7 Å². The van der Waals surface area contributed by atoms with Crippen LogP contribution in [0, 0.1) is 5.92 Å². The van der Waals surface area contributed by atoms with Crippen LogP contribution in [-0.2, 0) is 14.3 Å². The van der Waals surface area contributed by atoms with Crippen LogP contribution in [0.5, 0.6) is 11.5 Å². The molecule has 0 spiro atoms.